The third-order valence-corrected chi connectivity index (χ3v) is 7.23. The third kappa shape index (κ3) is 4.26. The number of amides is 1. The van der Waals surface area contributed by atoms with Gasteiger partial charge in [-0.1, -0.05) is 17.7 Å². The molecule has 1 aliphatic carbocycles. The van der Waals surface area contributed by atoms with Crippen molar-refractivity contribution in [2.45, 2.75) is 30.6 Å². The van der Waals surface area contributed by atoms with Crippen molar-refractivity contribution < 1.29 is 18.7 Å². The number of nitrogens with one attached hydrogen (secondary N) is 1. The van der Waals surface area contributed by atoms with Gasteiger partial charge in [-0.25, -0.2) is 14.4 Å². The lowest BCUT2D eigenvalue weighted by Gasteiger charge is -2.34. The number of amidine groups is 1. The maximum Gasteiger partial charge on any atom is 0.276 e. The van der Waals surface area contributed by atoms with Crippen LogP contribution in [0.3, 0.4) is 0 Å². The van der Waals surface area contributed by atoms with Gasteiger partial charge in [0.05, 0.1) is 28.8 Å². The number of carbonyl (C=O) groups excluding carboxylic acids is 1. The number of aliphatic imine (C=N–C) groups is 1. The summed E-state index contributed by atoms with van der Waals surface area (Å²) in [6.45, 7) is 4.07. The molecule has 172 valence electrons. The van der Waals surface area contributed by atoms with Gasteiger partial charge in [-0.2, -0.15) is 0 Å². The summed E-state index contributed by atoms with van der Waals surface area (Å²) in [7, 11) is 1.64. The van der Waals surface area contributed by atoms with E-state index in [1.807, 2.05) is 6.92 Å². The summed E-state index contributed by atoms with van der Waals surface area (Å²) in [5, 5.41) is 3.17. The van der Waals surface area contributed by atoms with Crippen LogP contribution in [-0.4, -0.2) is 46.1 Å². The van der Waals surface area contributed by atoms with E-state index in [1.54, 1.807) is 20.1 Å². The molecular formula is C23H24FN5O3S. The molecule has 2 aliphatic rings. The van der Waals surface area contributed by atoms with Crippen molar-refractivity contribution in [3.63, 3.8) is 0 Å². The SMILES string of the molecule is C#CCOc1cnc(C(=O)Nc2ccc(F)c([C@]3(C)N=C(N)S[C@@]4(COC)C[C@H]43)c2)c(C)n1. The zero-order chi connectivity index (χ0) is 23.8. The maximum atomic E-state index is 15.0. The van der Waals surface area contributed by atoms with Crippen molar-refractivity contribution >= 4 is 28.5 Å². The second kappa shape index (κ2) is 8.65. The van der Waals surface area contributed by atoms with Gasteiger partial charge in [0.15, 0.2) is 11.8 Å². The van der Waals surface area contributed by atoms with Crippen molar-refractivity contribution in [2.75, 3.05) is 25.6 Å². The Kier molecular flexibility index (Phi) is 6.03. The summed E-state index contributed by atoms with van der Waals surface area (Å²) in [6.07, 6.45) is 7.31. The van der Waals surface area contributed by atoms with Crippen molar-refractivity contribution in [1.29, 1.82) is 0 Å². The minimum atomic E-state index is -0.871. The van der Waals surface area contributed by atoms with Gasteiger partial charge in [0.25, 0.3) is 5.91 Å². The molecule has 0 spiro atoms. The third-order valence-electron chi connectivity index (χ3n) is 5.95. The highest BCUT2D eigenvalue weighted by Gasteiger charge is 2.66. The summed E-state index contributed by atoms with van der Waals surface area (Å²) in [4.78, 5) is 25.8. The highest BCUT2D eigenvalue weighted by Crippen LogP contribution is 2.66. The van der Waals surface area contributed by atoms with E-state index in [0.717, 1.165) is 6.42 Å². The summed E-state index contributed by atoms with van der Waals surface area (Å²) >= 11 is 1.48. The van der Waals surface area contributed by atoms with E-state index in [4.69, 9.17) is 21.6 Å². The number of thioether (sulfide) groups is 1. The first kappa shape index (κ1) is 23.0. The number of hydrogen-bond acceptors (Lipinski definition) is 8. The number of ether oxygens (including phenoxy) is 2. The normalized spacial score (nSPS) is 25.4. The fourth-order valence-corrected chi connectivity index (χ4v) is 5.83. The lowest BCUT2D eigenvalue weighted by atomic mass is 9.85. The van der Waals surface area contributed by atoms with Crippen LogP contribution in [0.2, 0.25) is 0 Å². The van der Waals surface area contributed by atoms with Crippen LogP contribution in [-0.2, 0) is 10.3 Å². The lowest BCUT2D eigenvalue weighted by Crippen LogP contribution is -2.37. The molecule has 0 radical (unpaired) electrons. The molecule has 0 bridgehead atoms. The number of fused-ring (bicyclic) bond motifs is 1. The van der Waals surface area contributed by atoms with Gasteiger partial charge in [-0.15, -0.1) is 6.42 Å². The van der Waals surface area contributed by atoms with E-state index in [1.165, 1.54) is 30.1 Å². The van der Waals surface area contributed by atoms with Crippen LogP contribution in [0.15, 0.2) is 29.4 Å². The van der Waals surface area contributed by atoms with E-state index >= 15 is 0 Å². The Hall–Kier alpha value is -3.16. The lowest BCUT2D eigenvalue weighted by molar-refractivity contribution is 0.102. The predicted octanol–water partition coefficient (Wildman–Crippen LogP) is 2.87. The number of aromatic nitrogens is 2. The number of hydrogen-bond donors (Lipinski definition) is 2. The number of benzene rings is 1. The highest BCUT2D eigenvalue weighted by molar-refractivity contribution is 8.15. The van der Waals surface area contributed by atoms with Crippen LogP contribution in [0.25, 0.3) is 0 Å². The number of nitrogens with zero attached hydrogens (tertiary/aromatic N) is 3. The zero-order valence-electron chi connectivity index (χ0n) is 18.5. The monoisotopic (exact) mass is 469 g/mol. The molecule has 2 aromatic rings. The molecule has 8 nitrogen and oxygen atoms in total. The number of rotatable bonds is 7. The molecule has 1 aromatic heterocycles. The van der Waals surface area contributed by atoms with Gasteiger partial charge in [-0.3, -0.25) is 9.79 Å². The summed E-state index contributed by atoms with van der Waals surface area (Å²) in [6, 6.07) is 4.41. The topological polar surface area (TPSA) is 112 Å². The minimum Gasteiger partial charge on any atom is -0.463 e. The Labute approximate surface area is 195 Å². The number of methoxy groups -OCH3 is 1. The molecule has 1 amide bonds. The first-order valence-electron chi connectivity index (χ1n) is 10.3. The molecule has 2 heterocycles. The molecule has 0 unspecified atom stereocenters. The summed E-state index contributed by atoms with van der Waals surface area (Å²) < 4.78 is 25.4. The molecule has 1 fully saturated rings. The fraction of sp³-hybridized carbons (Fsp3) is 0.391. The van der Waals surface area contributed by atoms with E-state index in [9.17, 15) is 9.18 Å². The number of aryl methyl sites for hydroxylation is 1. The molecule has 1 saturated carbocycles. The van der Waals surface area contributed by atoms with E-state index in [-0.39, 0.29) is 28.8 Å². The molecule has 1 aromatic carbocycles. The quantitative estimate of drug-likeness (QED) is 0.600. The number of carbonyl (C=O) groups is 1. The Morgan fingerprint density at radius 1 is 1.48 bits per heavy atom. The second-order valence-corrected chi connectivity index (χ2v) is 9.67. The minimum absolute atomic E-state index is 0.0505. The van der Waals surface area contributed by atoms with Crippen molar-refractivity contribution in [3.05, 3.63) is 47.2 Å². The van der Waals surface area contributed by atoms with Crippen LogP contribution >= 0.6 is 11.8 Å². The first-order chi connectivity index (χ1) is 15.7. The van der Waals surface area contributed by atoms with Crippen molar-refractivity contribution in [3.8, 4) is 18.2 Å². The van der Waals surface area contributed by atoms with Crippen molar-refractivity contribution in [2.24, 2.45) is 16.6 Å². The number of terminal acetylenes is 1. The van der Waals surface area contributed by atoms with Crippen LogP contribution in [0, 0.1) is 31.0 Å². The van der Waals surface area contributed by atoms with E-state index in [0.29, 0.717) is 28.7 Å². The average Bonchev–Trinajstić information content (AvgIpc) is 3.48. The van der Waals surface area contributed by atoms with Crippen molar-refractivity contribution in [1.82, 2.24) is 9.97 Å². The summed E-state index contributed by atoms with van der Waals surface area (Å²) in [5.74, 6) is 1.74. The van der Waals surface area contributed by atoms with E-state index in [2.05, 4.69) is 26.2 Å². The van der Waals surface area contributed by atoms with Gasteiger partial charge in [0.1, 0.15) is 11.5 Å². The molecule has 4 rings (SSSR count). The van der Waals surface area contributed by atoms with Crippen LogP contribution in [0.5, 0.6) is 5.88 Å². The fourth-order valence-electron chi connectivity index (χ4n) is 4.38. The average molecular weight is 470 g/mol. The van der Waals surface area contributed by atoms with Gasteiger partial charge < -0.3 is 20.5 Å². The molecular weight excluding hydrogens is 445 g/mol. The number of nitrogens with two attached hydrogens (primary N) is 1. The molecule has 3 atom stereocenters. The zero-order valence-corrected chi connectivity index (χ0v) is 19.3. The Balaban J connectivity index is 1.59. The van der Waals surface area contributed by atoms with Crippen LogP contribution in [0.4, 0.5) is 10.1 Å². The molecule has 3 N–H and O–H groups in total. The van der Waals surface area contributed by atoms with Gasteiger partial charge in [-0.05, 0) is 38.5 Å². The number of halogens is 1. The standard InChI is InChI=1S/C23H24FN5O3S/c1-5-8-32-18-11-26-19(13(2)27-18)20(30)28-14-6-7-16(24)15(9-14)22(3)17-10-23(17,12-31-4)33-21(25)29-22/h1,6-7,9,11,17H,8,10,12H2,2-4H3,(H2,25,29)(H,28,30)/t17-,22-,23+/m0/s1. The van der Waals surface area contributed by atoms with Crippen LogP contribution < -0.4 is 15.8 Å². The first-order valence-corrected chi connectivity index (χ1v) is 11.1. The maximum absolute atomic E-state index is 15.0. The Morgan fingerprint density at radius 3 is 2.97 bits per heavy atom. The van der Waals surface area contributed by atoms with E-state index < -0.39 is 17.3 Å². The molecule has 1 aliphatic heterocycles. The smallest absolute Gasteiger partial charge is 0.276 e. The van der Waals surface area contributed by atoms with Crippen LogP contribution in [0.1, 0.15) is 35.1 Å². The van der Waals surface area contributed by atoms with Gasteiger partial charge >= 0.3 is 0 Å². The second-order valence-electron chi connectivity index (χ2n) is 8.24. The molecule has 0 saturated heterocycles. The summed E-state index contributed by atoms with van der Waals surface area (Å²) in [5.41, 5.74) is 6.52. The molecule has 33 heavy (non-hydrogen) atoms. The Bertz CT molecular complexity index is 1180. The molecule has 10 heteroatoms. The van der Waals surface area contributed by atoms with Gasteiger partial charge in [0.2, 0.25) is 5.88 Å². The number of anilines is 1. The largest absolute Gasteiger partial charge is 0.463 e. The predicted molar refractivity (Wildman–Crippen MR) is 125 cm³/mol. The highest BCUT2D eigenvalue weighted by atomic mass is 32.2. The Morgan fingerprint density at radius 2 is 2.27 bits per heavy atom. The van der Waals surface area contributed by atoms with Gasteiger partial charge in [0, 0.05) is 24.3 Å².